The molecule has 3 aliphatic carbocycles. The second kappa shape index (κ2) is 4.21. The molecule has 3 aliphatic rings. The lowest BCUT2D eigenvalue weighted by atomic mass is 9.44. The van der Waals surface area contributed by atoms with Crippen LogP contribution >= 0.6 is 11.6 Å². The summed E-state index contributed by atoms with van der Waals surface area (Å²) < 4.78 is 0. The summed E-state index contributed by atoms with van der Waals surface area (Å²) in [4.78, 5) is 12.4. The number of Topliss-reactive ketones (excluding diaryl/α,β-unsaturated/α-hetero) is 1. The average molecular weight is 275 g/mol. The minimum Gasteiger partial charge on any atom is -0.294 e. The summed E-state index contributed by atoms with van der Waals surface area (Å²) in [5.74, 6) is 1.50. The normalized spacial score (nSPS) is 34.2. The van der Waals surface area contributed by atoms with Crippen LogP contribution in [0.15, 0.2) is 29.8 Å². The van der Waals surface area contributed by atoms with Gasteiger partial charge in [0.2, 0.25) is 0 Å². The van der Waals surface area contributed by atoms with Crippen molar-refractivity contribution in [1.29, 1.82) is 0 Å². The molecule has 4 rings (SSSR count). The van der Waals surface area contributed by atoms with Crippen LogP contribution in [0, 0.1) is 23.2 Å². The molecule has 2 heteroatoms. The SMILES string of the molecule is C[C@@H]1C(=O)/C(=C/c2ccc(Cl)cc2)[C@@H]2C[C@@H]1C2(C)C. The Hall–Kier alpha value is -1.08. The molecule has 3 saturated carbocycles. The lowest BCUT2D eigenvalue weighted by Gasteiger charge is -2.59. The minimum atomic E-state index is 0.165. The first-order valence-electron chi connectivity index (χ1n) is 6.92. The molecule has 0 spiro atoms. The van der Waals surface area contributed by atoms with Crippen molar-refractivity contribution < 1.29 is 4.79 Å². The van der Waals surface area contributed by atoms with Crippen molar-refractivity contribution in [3.8, 4) is 0 Å². The lowest BCUT2D eigenvalue weighted by molar-refractivity contribution is -0.139. The van der Waals surface area contributed by atoms with Gasteiger partial charge in [0.05, 0.1) is 0 Å². The van der Waals surface area contributed by atoms with Gasteiger partial charge in [-0.15, -0.1) is 0 Å². The zero-order valence-electron chi connectivity index (χ0n) is 11.6. The molecule has 19 heavy (non-hydrogen) atoms. The Morgan fingerprint density at radius 1 is 1.26 bits per heavy atom. The molecule has 0 radical (unpaired) electrons. The third kappa shape index (κ3) is 1.87. The topological polar surface area (TPSA) is 17.1 Å². The summed E-state index contributed by atoms with van der Waals surface area (Å²) in [5.41, 5.74) is 2.36. The van der Waals surface area contributed by atoms with Crippen LogP contribution in [0.2, 0.25) is 5.02 Å². The molecule has 3 fully saturated rings. The molecule has 0 aliphatic heterocycles. The van der Waals surface area contributed by atoms with Crippen molar-refractivity contribution in [2.75, 3.05) is 0 Å². The summed E-state index contributed by atoms with van der Waals surface area (Å²) in [6, 6.07) is 7.70. The van der Waals surface area contributed by atoms with Gasteiger partial charge < -0.3 is 0 Å². The van der Waals surface area contributed by atoms with E-state index in [1.165, 1.54) is 6.42 Å². The highest BCUT2D eigenvalue weighted by atomic mass is 35.5. The number of hydrogen-bond donors (Lipinski definition) is 0. The number of hydrogen-bond acceptors (Lipinski definition) is 1. The van der Waals surface area contributed by atoms with Crippen molar-refractivity contribution in [3.63, 3.8) is 0 Å². The number of allylic oxidation sites excluding steroid dienone is 1. The first-order valence-corrected chi connectivity index (χ1v) is 7.30. The van der Waals surface area contributed by atoms with Crippen molar-refractivity contribution in [3.05, 3.63) is 40.4 Å². The van der Waals surface area contributed by atoms with E-state index in [-0.39, 0.29) is 11.3 Å². The fraction of sp³-hybridized carbons (Fsp3) is 0.471. The minimum absolute atomic E-state index is 0.165. The fourth-order valence-corrected chi connectivity index (χ4v) is 3.99. The highest BCUT2D eigenvalue weighted by molar-refractivity contribution is 6.30. The van der Waals surface area contributed by atoms with E-state index < -0.39 is 0 Å². The Kier molecular flexibility index (Phi) is 2.86. The van der Waals surface area contributed by atoms with Gasteiger partial charge in [-0.25, -0.2) is 0 Å². The van der Waals surface area contributed by atoms with Gasteiger partial charge in [0, 0.05) is 10.9 Å². The van der Waals surface area contributed by atoms with Gasteiger partial charge in [-0.2, -0.15) is 0 Å². The van der Waals surface area contributed by atoms with Gasteiger partial charge in [-0.1, -0.05) is 44.5 Å². The molecule has 0 amide bonds. The van der Waals surface area contributed by atoms with Gasteiger partial charge >= 0.3 is 0 Å². The highest BCUT2D eigenvalue weighted by Crippen LogP contribution is 2.62. The standard InChI is InChI=1S/C17H19ClO/c1-10-14-9-15(17(14,2)3)13(16(10)19)8-11-4-6-12(18)7-5-11/h4-8,10,14-15H,9H2,1-3H3/b13-8+/t10-,14-,15-/m0/s1. The van der Waals surface area contributed by atoms with Crippen LogP contribution in [-0.2, 0) is 4.79 Å². The molecular weight excluding hydrogens is 256 g/mol. The van der Waals surface area contributed by atoms with Crippen molar-refractivity contribution in [2.24, 2.45) is 23.2 Å². The number of rotatable bonds is 1. The first-order chi connectivity index (χ1) is 8.91. The molecule has 2 bridgehead atoms. The van der Waals surface area contributed by atoms with Crippen LogP contribution in [-0.4, -0.2) is 5.78 Å². The van der Waals surface area contributed by atoms with Gasteiger partial charge in [0.1, 0.15) is 0 Å². The third-order valence-corrected chi connectivity index (χ3v) is 5.46. The molecule has 0 unspecified atom stereocenters. The van der Waals surface area contributed by atoms with E-state index >= 15 is 0 Å². The van der Waals surface area contributed by atoms with Crippen LogP contribution in [0.1, 0.15) is 32.8 Å². The predicted octanol–water partition coefficient (Wildman–Crippen LogP) is 4.60. The zero-order valence-corrected chi connectivity index (χ0v) is 12.4. The second-order valence-corrected chi connectivity index (χ2v) is 6.96. The van der Waals surface area contributed by atoms with E-state index in [1.807, 2.05) is 24.3 Å². The molecular formula is C17H19ClO. The van der Waals surface area contributed by atoms with Crippen molar-refractivity contribution in [2.45, 2.75) is 27.2 Å². The first kappa shape index (κ1) is 12.9. The van der Waals surface area contributed by atoms with E-state index in [0.29, 0.717) is 17.6 Å². The van der Waals surface area contributed by atoms with Gasteiger partial charge in [0.15, 0.2) is 5.78 Å². The van der Waals surface area contributed by atoms with E-state index in [4.69, 9.17) is 11.6 Å². The van der Waals surface area contributed by atoms with Gasteiger partial charge in [-0.05, 0) is 53.0 Å². The Morgan fingerprint density at radius 2 is 1.89 bits per heavy atom. The molecule has 1 aromatic carbocycles. The number of ketones is 1. The smallest absolute Gasteiger partial charge is 0.162 e. The number of fused-ring (bicyclic) bond motifs is 2. The molecule has 0 aromatic heterocycles. The van der Waals surface area contributed by atoms with Crippen LogP contribution in [0.3, 0.4) is 0 Å². The average Bonchev–Trinajstić information content (AvgIpc) is 2.36. The summed E-state index contributed by atoms with van der Waals surface area (Å²) in [6.45, 7) is 6.68. The van der Waals surface area contributed by atoms with Crippen molar-refractivity contribution >= 4 is 23.5 Å². The summed E-state index contributed by atoms with van der Waals surface area (Å²) in [5, 5.41) is 0.731. The Morgan fingerprint density at radius 3 is 2.47 bits per heavy atom. The molecule has 100 valence electrons. The van der Waals surface area contributed by atoms with E-state index in [0.717, 1.165) is 16.2 Å². The van der Waals surface area contributed by atoms with Gasteiger partial charge in [-0.3, -0.25) is 4.79 Å². The maximum absolute atomic E-state index is 12.4. The largest absolute Gasteiger partial charge is 0.294 e. The molecule has 0 heterocycles. The summed E-state index contributed by atoms with van der Waals surface area (Å²) in [7, 11) is 0. The molecule has 0 saturated heterocycles. The zero-order chi connectivity index (χ0) is 13.8. The summed E-state index contributed by atoms with van der Waals surface area (Å²) in [6.07, 6.45) is 3.23. The Bertz CT molecular complexity index is 553. The Balaban J connectivity index is 1.99. The third-order valence-electron chi connectivity index (χ3n) is 5.21. The molecule has 3 atom stereocenters. The number of carbonyl (C=O) groups excluding carboxylic acids is 1. The number of carbonyl (C=O) groups is 1. The van der Waals surface area contributed by atoms with E-state index in [9.17, 15) is 4.79 Å². The lowest BCUT2D eigenvalue weighted by Crippen LogP contribution is -2.56. The fourth-order valence-electron chi connectivity index (χ4n) is 3.86. The van der Waals surface area contributed by atoms with E-state index in [1.54, 1.807) is 0 Å². The molecule has 1 nitrogen and oxygen atoms in total. The summed E-state index contributed by atoms with van der Waals surface area (Å²) >= 11 is 5.90. The van der Waals surface area contributed by atoms with Gasteiger partial charge in [0.25, 0.3) is 0 Å². The maximum atomic E-state index is 12.4. The van der Waals surface area contributed by atoms with Crippen LogP contribution in [0.25, 0.3) is 6.08 Å². The van der Waals surface area contributed by atoms with Crippen molar-refractivity contribution in [1.82, 2.24) is 0 Å². The number of halogens is 1. The number of benzene rings is 1. The Labute approximate surface area is 119 Å². The van der Waals surface area contributed by atoms with E-state index in [2.05, 4.69) is 26.8 Å². The highest BCUT2D eigenvalue weighted by Gasteiger charge is 2.58. The quantitative estimate of drug-likeness (QED) is 0.684. The van der Waals surface area contributed by atoms with Crippen LogP contribution in [0.5, 0.6) is 0 Å². The predicted molar refractivity (Wildman–Crippen MR) is 79.0 cm³/mol. The van der Waals surface area contributed by atoms with Crippen LogP contribution < -0.4 is 0 Å². The molecule has 0 N–H and O–H groups in total. The maximum Gasteiger partial charge on any atom is 0.162 e. The monoisotopic (exact) mass is 274 g/mol. The van der Waals surface area contributed by atoms with Crippen LogP contribution in [0.4, 0.5) is 0 Å². The molecule has 1 aromatic rings. The second-order valence-electron chi connectivity index (χ2n) is 6.52.